The van der Waals surface area contributed by atoms with Crippen LogP contribution in [-0.4, -0.2) is 19.8 Å². The number of unbranched alkanes of at least 4 members (excludes halogenated alkanes) is 21. The predicted octanol–water partition coefficient (Wildman–Crippen LogP) is 15.7. The molecule has 3 aliphatic rings. The molecule has 0 fully saturated rings. The number of hydrogen-bond donors (Lipinski definition) is 0. The van der Waals surface area contributed by atoms with Gasteiger partial charge in [0.1, 0.15) is 17.2 Å². The molecule has 0 heterocycles. The van der Waals surface area contributed by atoms with Crippen LogP contribution < -0.4 is 14.2 Å². The molecule has 3 aromatic rings. The summed E-state index contributed by atoms with van der Waals surface area (Å²) in [6, 6.07) is 20.3. The van der Waals surface area contributed by atoms with Crippen LogP contribution in [0.1, 0.15) is 199 Å². The van der Waals surface area contributed by atoms with Crippen LogP contribution in [0.5, 0.6) is 17.2 Å². The van der Waals surface area contributed by atoms with Gasteiger partial charge in [0, 0.05) is 28.5 Å². The minimum Gasteiger partial charge on any atom is -0.493 e. The Balaban J connectivity index is 1.28. The van der Waals surface area contributed by atoms with E-state index in [1.807, 2.05) is 18.2 Å². The SMILES string of the molecule is C=CCCCCCCCCCOc1cccc2c1C1c3c(OCCCCCCCCCC=C)cccc3C2c2cccc(OCCCCCCCCCC=C)c21. The molecule has 3 nitrogen and oxygen atoms in total. The maximum Gasteiger partial charge on any atom is 0.123 e. The Morgan fingerprint density at radius 2 is 0.607 bits per heavy atom. The Morgan fingerprint density at radius 3 is 0.893 bits per heavy atom. The molecule has 3 aliphatic carbocycles. The molecule has 2 bridgehead atoms. The highest BCUT2D eigenvalue weighted by Crippen LogP contribution is 2.61. The van der Waals surface area contributed by atoms with E-state index >= 15 is 0 Å². The monoisotopic (exact) mass is 759 g/mol. The zero-order valence-corrected chi connectivity index (χ0v) is 35.0. The summed E-state index contributed by atoms with van der Waals surface area (Å²) in [5.41, 5.74) is 8.09. The molecule has 56 heavy (non-hydrogen) atoms. The minimum absolute atomic E-state index is 0.0188. The summed E-state index contributed by atoms with van der Waals surface area (Å²) >= 11 is 0. The molecule has 0 atom stereocenters. The Hall–Kier alpha value is -3.72. The molecule has 0 saturated heterocycles. The molecule has 0 aromatic heterocycles. The highest BCUT2D eigenvalue weighted by molar-refractivity contribution is 5.74. The zero-order chi connectivity index (χ0) is 39.0. The number of hydrogen-bond acceptors (Lipinski definition) is 3. The first-order valence-corrected chi connectivity index (χ1v) is 22.9. The Morgan fingerprint density at radius 1 is 0.339 bits per heavy atom. The van der Waals surface area contributed by atoms with E-state index in [-0.39, 0.29) is 11.8 Å². The Kier molecular flexibility index (Phi) is 19.8. The van der Waals surface area contributed by atoms with Crippen LogP contribution in [0.3, 0.4) is 0 Å². The maximum atomic E-state index is 6.76. The predicted molar refractivity (Wildman–Crippen MR) is 239 cm³/mol. The van der Waals surface area contributed by atoms with Crippen LogP contribution in [0.2, 0.25) is 0 Å². The van der Waals surface area contributed by atoms with Crippen LogP contribution in [0.25, 0.3) is 0 Å². The van der Waals surface area contributed by atoms with Crippen molar-refractivity contribution < 1.29 is 14.2 Å². The summed E-state index contributed by atoms with van der Waals surface area (Å²) in [5, 5.41) is 0. The molecule has 304 valence electrons. The topological polar surface area (TPSA) is 27.7 Å². The lowest BCUT2D eigenvalue weighted by Crippen LogP contribution is -2.29. The van der Waals surface area contributed by atoms with Gasteiger partial charge >= 0.3 is 0 Å². The molecule has 6 rings (SSSR count). The lowest BCUT2D eigenvalue weighted by molar-refractivity contribution is 0.290. The molecule has 0 unspecified atom stereocenters. The molecule has 3 aromatic carbocycles. The molecular formula is C53H74O3. The van der Waals surface area contributed by atoms with E-state index in [0.717, 1.165) is 75.6 Å². The Bertz CT molecular complexity index is 1410. The van der Waals surface area contributed by atoms with Gasteiger partial charge in [0.05, 0.1) is 19.8 Å². The van der Waals surface area contributed by atoms with Gasteiger partial charge < -0.3 is 14.2 Å². The second kappa shape index (κ2) is 25.5. The summed E-state index contributed by atoms with van der Waals surface area (Å²) < 4.78 is 20.3. The van der Waals surface area contributed by atoms with Crippen molar-refractivity contribution >= 4 is 0 Å². The van der Waals surface area contributed by atoms with Crippen molar-refractivity contribution in [2.24, 2.45) is 0 Å². The van der Waals surface area contributed by atoms with Crippen LogP contribution in [-0.2, 0) is 0 Å². The number of benzene rings is 3. The average Bonchev–Trinajstić information content (AvgIpc) is 3.22. The Labute approximate surface area is 342 Å². The first-order chi connectivity index (χ1) is 27.8. The fourth-order valence-electron chi connectivity index (χ4n) is 9.05. The summed E-state index contributed by atoms with van der Waals surface area (Å²) in [4.78, 5) is 0. The van der Waals surface area contributed by atoms with E-state index in [2.05, 4.69) is 74.3 Å². The molecule has 0 N–H and O–H groups in total. The normalized spacial score (nSPS) is 14.8. The van der Waals surface area contributed by atoms with Crippen molar-refractivity contribution in [1.82, 2.24) is 0 Å². The lowest BCUT2D eigenvalue weighted by atomic mass is 9.60. The first kappa shape index (κ1) is 43.4. The lowest BCUT2D eigenvalue weighted by Gasteiger charge is -2.44. The van der Waals surface area contributed by atoms with Crippen LogP contribution >= 0.6 is 0 Å². The molecule has 0 aliphatic heterocycles. The van der Waals surface area contributed by atoms with E-state index in [0.29, 0.717) is 0 Å². The number of rotatable bonds is 33. The highest BCUT2D eigenvalue weighted by atomic mass is 16.5. The summed E-state index contributed by atoms with van der Waals surface area (Å²) in [7, 11) is 0. The minimum atomic E-state index is 0.0188. The quantitative estimate of drug-likeness (QED) is 0.0315. The molecule has 0 amide bonds. The van der Waals surface area contributed by atoms with Gasteiger partial charge in [-0.3, -0.25) is 0 Å². The second-order valence-corrected chi connectivity index (χ2v) is 16.3. The summed E-state index contributed by atoms with van der Waals surface area (Å²) in [6.07, 6.45) is 36.0. The third-order valence-electron chi connectivity index (χ3n) is 12.0. The smallest absolute Gasteiger partial charge is 0.123 e. The third-order valence-corrected chi connectivity index (χ3v) is 12.0. The average molecular weight is 759 g/mol. The van der Waals surface area contributed by atoms with Gasteiger partial charge in [-0.2, -0.15) is 0 Å². The first-order valence-electron chi connectivity index (χ1n) is 22.9. The zero-order valence-electron chi connectivity index (χ0n) is 35.0. The number of allylic oxidation sites excluding steroid dienone is 3. The van der Waals surface area contributed by atoms with Crippen LogP contribution in [0, 0.1) is 0 Å². The van der Waals surface area contributed by atoms with Crippen molar-refractivity contribution in [2.45, 2.75) is 166 Å². The van der Waals surface area contributed by atoms with Gasteiger partial charge in [-0.15, -0.1) is 19.7 Å². The van der Waals surface area contributed by atoms with Gasteiger partial charge in [0.2, 0.25) is 0 Å². The molecule has 0 spiro atoms. The molecule has 0 radical (unpaired) electrons. The van der Waals surface area contributed by atoms with Gasteiger partial charge in [0.15, 0.2) is 0 Å². The van der Waals surface area contributed by atoms with Crippen molar-refractivity contribution in [3.63, 3.8) is 0 Å². The summed E-state index contributed by atoms with van der Waals surface area (Å²) in [6.45, 7) is 13.8. The van der Waals surface area contributed by atoms with E-state index in [4.69, 9.17) is 14.2 Å². The maximum absolute atomic E-state index is 6.76. The van der Waals surface area contributed by atoms with Crippen molar-refractivity contribution in [1.29, 1.82) is 0 Å². The fraction of sp³-hybridized carbons (Fsp3) is 0.547. The van der Waals surface area contributed by atoms with Crippen molar-refractivity contribution in [2.75, 3.05) is 19.8 Å². The van der Waals surface area contributed by atoms with E-state index in [1.54, 1.807) is 0 Å². The van der Waals surface area contributed by atoms with Gasteiger partial charge in [0.25, 0.3) is 0 Å². The van der Waals surface area contributed by atoms with Crippen molar-refractivity contribution in [3.05, 3.63) is 126 Å². The molecular weight excluding hydrogens is 685 g/mol. The highest BCUT2D eigenvalue weighted by Gasteiger charge is 2.46. The standard InChI is InChI=1S/C53H74O3/c1-4-7-10-13-16-19-22-25-28-40-54-46-37-31-34-43-49-44-35-32-38-47(55-41-29-26-23-20-17-14-11-8-5-2)51(44)53(50(43)46)52-45(49)36-33-39-48(52)56-42-30-27-24-21-18-15-12-9-6-3/h4-6,31-39,49,53H,1-3,7-30,40-42H2. The molecule has 3 heteroatoms. The van der Waals surface area contributed by atoms with Gasteiger partial charge in [-0.05, 0) is 92.7 Å². The number of ether oxygens (including phenoxy) is 3. The largest absolute Gasteiger partial charge is 0.493 e. The van der Waals surface area contributed by atoms with Gasteiger partial charge in [-0.1, -0.05) is 151 Å². The fourth-order valence-corrected chi connectivity index (χ4v) is 9.05. The summed E-state index contributed by atoms with van der Waals surface area (Å²) in [5.74, 6) is 3.25. The van der Waals surface area contributed by atoms with E-state index in [1.165, 1.54) is 149 Å². The van der Waals surface area contributed by atoms with E-state index < -0.39 is 0 Å². The third kappa shape index (κ3) is 12.6. The van der Waals surface area contributed by atoms with Crippen molar-refractivity contribution in [3.8, 4) is 17.2 Å². The second-order valence-electron chi connectivity index (χ2n) is 16.3. The van der Waals surface area contributed by atoms with E-state index in [9.17, 15) is 0 Å². The van der Waals surface area contributed by atoms with Crippen LogP contribution in [0.15, 0.2) is 92.6 Å². The molecule has 0 saturated carbocycles. The van der Waals surface area contributed by atoms with Crippen LogP contribution in [0.4, 0.5) is 0 Å². The van der Waals surface area contributed by atoms with Gasteiger partial charge in [-0.25, -0.2) is 0 Å².